The quantitative estimate of drug-likeness (QED) is 0.894. The fraction of sp³-hybridized carbons (Fsp3) is 0.222. The zero-order chi connectivity index (χ0) is 15.8. The summed E-state index contributed by atoms with van der Waals surface area (Å²) in [5.41, 5.74) is 1.84. The normalized spacial score (nSPS) is 19.3. The van der Waals surface area contributed by atoms with Crippen LogP contribution in [0.4, 0.5) is 0 Å². The SMILES string of the molecule is O=C1CCC(C(=O)NC2c3ccccc3Oc3ccccc32)N1. The Bertz CT molecular complexity index is 742. The lowest BCUT2D eigenvalue weighted by Gasteiger charge is -2.29. The molecule has 1 fully saturated rings. The van der Waals surface area contributed by atoms with Crippen LogP contribution in [0.15, 0.2) is 48.5 Å². The van der Waals surface area contributed by atoms with Gasteiger partial charge in [0.25, 0.3) is 0 Å². The van der Waals surface area contributed by atoms with Crippen LogP contribution in [-0.4, -0.2) is 17.9 Å². The number of rotatable bonds is 2. The van der Waals surface area contributed by atoms with Crippen LogP contribution in [-0.2, 0) is 9.59 Å². The minimum Gasteiger partial charge on any atom is -0.457 e. The molecule has 2 amide bonds. The number of nitrogens with one attached hydrogen (secondary N) is 2. The topological polar surface area (TPSA) is 67.4 Å². The lowest BCUT2D eigenvalue weighted by molar-refractivity contribution is -0.126. The van der Waals surface area contributed by atoms with E-state index >= 15 is 0 Å². The van der Waals surface area contributed by atoms with E-state index < -0.39 is 6.04 Å². The van der Waals surface area contributed by atoms with Gasteiger partial charge in [0.2, 0.25) is 11.8 Å². The molecule has 2 heterocycles. The van der Waals surface area contributed by atoms with Crippen LogP contribution in [0, 0.1) is 0 Å². The summed E-state index contributed by atoms with van der Waals surface area (Å²) >= 11 is 0. The number of carbonyl (C=O) groups excluding carboxylic acids is 2. The minimum absolute atomic E-state index is 0.0714. The minimum atomic E-state index is -0.454. The maximum atomic E-state index is 12.5. The number of benzene rings is 2. The summed E-state index contributed by atoms with van der Waals surface area (Å²) in [6, 6.07) is 14.6. The lowest BCUT2D eigenvalue weighted by Crippen LogP contribution is -2.43. The van der Waals surface area contributed by atoms with Crippen molar-refractivity contribution in [1.29, 1.82) is 0 Å². The van der Waals surface area contributed by atoms with Crippen molar-refractivity contribution < 1.29 is 14.3 Å². The fourth-order valence-corrected chi connectivity index (χ4v) is 3.12. The van der Waals surface area contributed by atoms with Crippen LogP contribution in [0.1, 0.15) is 30.0 Å². The molecule has 4 rings (SSSR count). The summed E-state index contributed by atoms with van der Waals surface area (Å²) in [6.45, 7) is 0. The first-order valence-electron chi connectivity index (χ1n) is 7.68. The van der Waals surface area contributed by atoms with Crippen molar-refractivity contribution >= 4 is 11.8 Å². The van der Waals surface area contributed by atoms with Crippen LogP contribution in [0.25, 0.3) is 0 Å². The van der Waals surface area contributed by atoms with Gasteiger partial charge in [-0.25, -0.2) is 0 Å². The second-order valence-corrected chi connectivity index (χ2v) is 5.78. The van der Waals surface area contributed by atoms with Gasteiger partial charge in [0, 0.05) is 17.5 Å². The molecule has 0 saturated carbocycles. The number of carbonyl (C=O) groups is 2. The van der Waals surface area contributed by atoms with Gasteiger partial charge in [-0.1, -0.05) is 36.4 Å². The fourth-order valence-electron chi connectivity index (χ4n) is 3.12. The molecule has 0 aliphatic carbocycles. The predicted molar refractivity (Wildman–Crippen MR) is 84.1 cm³/mol. The van der Waals surface area contributed by atoms with Crippen molar-refractivity contribution in [2.45, 2.75) is 24.9 Å². The van der Waals surface area contributed by atoms with Gasteiger partial charge in [-0.05, 0) is 18.6 Å². The first-order valence-corrected chi connectivity index (χ1v) is 7.68. The van der Waals surface area contributed by atoms with Gasteiger partial charge in [0.15, 0.2) is 0 Å². The predicted octanol–water partition coefficient (Wildman–Crippen LogP) is 2.28. The lowest BCUT2D eigenvalue weighted by atomic mass is 9.94. The molecule has 0 aromatic heterocycles. The second-order valence-electron chi connectivity index (χ2n) is 5.78. The van der Waals surface area contributed by atoms with Gasteiger partial charge in [-0.3, -0.25) is 9.59 Å². The number of amides is 2. The third-order valence-electron chi connectivity index (χ3n) is 4.28. The Kier molecular flexibility index (Phi) is 3.26. The standard InChI is InChI=1S/C18H16N2O3/c21-16-10-9-13(19-16)18(22)20-17-11-5-1-3-7-14(11)23-15-8-4-2-6-12(15)17/h1-8,13,17H,9-10H2,(H,19,21)(H,20,22). The molecule has 2 N–H and O–H groups in total. The van der Waals surface area contributed by atoms with Gasteiger partial charge in [-0.15, -0.1) is 0 Å². The van der Waals surface area contributed by atoms with Gasteiger partial charge < -0.3 is 15.4 Å². The van der Waals surface area contributed by atoms with Crippen LogP contribution < -0.4 is 15.4 Å². The first kappa shape index (κ1) is 13.8. The van der Waals surface area contributed by atoms with Crippen molar-refractivity contribution in [3.63, 3.8) is 0 Å². The van der Waals surface area contributed by atoms with E-state index in [0.29, 0.717) is 12.8 Å². The third-order valence-corrected chi connectivity index (χ3v) is 4.28. The smallest absolute Gasteiger partial charge is 0.243 e. The summed E-state index contributed by atoms with van der Waals surface area (Å²) in [6.07, 6.45) is 0.941. The maximum absolute atomic E-state index is 12.5. The Hall–Kier alpha value is -2.82. The number of para-hydroxylation sites is 2. The molecular formula is C18H16N2O3. The van der Waals surface area contributed by atoms with Gasteiger partial charge in [0.1, 0.15) is 17.5 Å². The van der Waals surface area contributed by atoms with Crippen molar-refractivity contribution in [3.8, 4) is 11.5 Å². The first-order chi connectivity index (χ1) is 11.2. The summed E-state index contributed by atoms with van der Waals surface area (Å²) in [4.78, 5) is 23.8. The van der Waals surface area contributed by atoms with E-state index in [1.165, 1.54) is 0 Å². The average Bonchev–Trinajstić information content (AvgIpc) is 3.01. The van der Waals surface area contributed by atoms with Crippen LogP contribution in [0.2, 0.25) is 0 Å². The molecule has 5 heteroatoms. The van der Waals surface area contributed by atoms with E-state index in [2.05, 4.69) is 10.6 Å². The van der Waals surface area contributed by atoms with E-state index in [9.17, 15) is 9.59 Å². The summed E-state index contributed by atoms with van der Waals surface area (Å²) < 4.78 is 5.91. The second kappa shape index (κ2) is 5.43. The Labute approximate surface area is 133 Å². The van der Waals surface area contributed by atoms with Gasteiger partial charge >= 0.3 is 0 Å². The van der Waals surface area contributed by atoms with E-state index in [-0.39, 0.29) is 17.9 Å². The summed E-state index contributed by atoms with van der Waals surface area (Å²) in [5.74, 6) is 1.25. The summed E-state index contributed by atoms with van der Waals surface area (Å²) in [7, 11) is 0. The molecule has 0 radical (unpaired) electrons. The highest BCUT2D eigenvalue weighted by Gasteiger charge is 2.32. The molecule has 1 unspecified atom stereocenters. The van der Waals surface area contributed by atoms with E-state index in [1.54, 1.807) is 0 Å². The molecule has 2 aliphatic rings. The molecule has 116 valence electrons. The molecule has 1 atom stereocenters. The van der Waals surface area contributed by atoms with Gasteiger partial charge in [-0.2, -0.15) is 0 Å². The van der Waals surface area contributed by atoms with E-state index in [0.717, 1.165) is 22.6 Å². The average molecular weight is 308 g/mol. The molecule has 0 spiro atoms. The molecule has 23 heavy (non-hydrogen) atoms. The molecule has 5 nitrogen and oxygen atoms in total. The highest BCUT2D eigenvalue weighted by Crippen LogP contribution is 2.42. The molecule has 2 aromatic rings. The highest BCUT2D eigenvalue weighted by atomic mass is 16.5. The number of fused-ring (bicyclic) bond motifs is 2. The van der Waals surface area contributed by atoms with E-state index in [4.69, 9.17) is 4.74 Å². The summed E-state index contributed by atoms with van der Waals surface area (Å²) in [5, 5.41) is 5.77. The zero-order valence-electron chi connectivity index (χ0n) is 12.4. The largest absolute Gasteiger partial charge is 0.457 e. The Morgan fingerprint density at radius 1 is 1.04 bits per heavy atom. The maximum Gasteiger partial charge on any atom is 0.243 e. The van der Waals surface area contributed by atoms with E-state index in [1.807, 2.05) is 48.5 Å². The molecule has 2 aliphatic heterocycles. The number of hydrogen-bond donors (Lipinski definition) is 2. The Morgan fingerprint density at radius 3 is 2.22 bits per heavy atom. The number of ether oxygens (including phenoxy) is 1. The van der Waals surface area contributed by atoms with Crippen LogP contribution in [0.3, 0.4) is 0 Å². The molecule has 0 bridgehead atoms. The Balaban J connectivity index is 1.67. The number of hydrogen-bond acceptors (Lipinski definition) is 3. The molecule has 2 aromatic carbocycles. The molecular weight excluding hydrogens is 292 g/mol. The third kappa shape index (κ3) is 2.44. The highest BCUT2D eigenvalue weighted by molar-refractivity contribution is 5.91. The van der Waals surface area contributed by atoms with Crippen molar-refractivity contribution in [3.05, 3.63) is 59.7 Å². The van der Waals surface area contributed by atoms with Crippen LogP contribution >= 0.6 is 0 Å². The van der Waals surface area contributed by atoms with Crippen molar-refractivity contribution in [2.24, 2.45) is 0 Å². The van der Waals surface area contributed by atoms with Crippen molar-refractivity contribution in [2.75, 3.05) is 0 Å². The Morgan fingerprint density at radius 2 is 1.65 bits per heavy atom. The monoisotopic (exact) mass is 308 g/mol. The van der Waals surface area contributed by atoms with Crippen LogP contribution in [0.5, 0.6) is 11.5 Å². The molecule has 1 saturated heterocycles. The van der Waals surface area contributed by atoms with Gasteiger partial charge in [0.05, 0.1) is 6.04 Å². The van der Waals surface area contributed by atoms with Crippen molar-refractivity contribution in [1.82, 2.24) is 10.6 Å². The zero-order valence-corrected chi connectivity index (χ0v) is 12.4.